The average Bonchev–Trinajstić information content (AvgIpc) is 2.64. The minimum Gasteiger partial charge on any atom is -0.481 e. The highest BCUT2D eigenvalue weighted by atomic mass is 16.6. The molecule has 0 bridgehead atoms. The van der Waals surface area contributed by atoms with Gasteiger partial charge >= 0.3 is 12.1 Å². The summed E-state index contributed by atoms with van der Waals surface area (Å²) in [6, 6.07) is 0. The summed E-state index contributed by atoms with van der Waals surface area (Å²) in [4.78, 5) is 22.7. The van der Waals surface area contributed by atoms with E-state index in [1.165, 1.54) is 0 Å². The molecule has 0 spiro atoms. The third-order valence-corrected chi connectivity index (χ3v) is 3.29. The van der Waals surface area contributed by atoms with Crippen molar-refractivity contribution in [3.63, 3.8) is 0 Å². The summed E-state index contributed by atoms with van der Waals surface area (Å²) in [6.07, 6.45) is 3.32. The molecular formula is C13H23NO4. The summed E-state index contributed by atoms with van der Waals surface area (Å²) >= 11 is 0. The number of aliphatic carboxylic acids is 1. The molecule has 0 aromatic heterocycles. The maximum Gasteiger partial charge on any atom is 0.407 e. The van der Waals surface area contributed by atoms with E-state index in [-0.39, 0.29) is 0 Å². The monoisotopic (exact) mass is 257 g/mol. The predicted octanol–water partition coefficient (Wildman–Crippen LogP) is 2.55. The zero-order valence-corrected chi connectivity index (χ0v) is 11.4. The molecule has 1 fully saturated rings. The number of hydrogen-bond donors (Lipinski definition) is 2. The molecule has 0 saturated heterocycles. The van der Waals surface area contributed by atoms with Crippen LogP contribution in [0.15, 0.2) is 0 Å². The summed E-state index contributed by atoms with van der Waals surface area (Å²) in [5, 5.41) is 11.9. The van der Waals surface area contributed by atoms with Crippen molar-refractivity contribution in [1.29, 1.82) is 0 Å². The number of hydrogen-bond acceptors (Lipinski definition) is 3. The van der Waals surface area contributed by atoms with Gasteiger partial charge in [0.2, 0.25) is 0 Å². The standard InChI is InChI=1S/C13H23NO4/c1-12(2,3)18-11(17)14-9-8-13(10(15)16)6-4-5-7-13/h4-9H2,1-3H3,(H,14,17)(H,15,16). The first-order valence-electron chi connectivity index (χ1n) is 6.45. The van der Waals surface area contributed by atoms with Gasteiger partial charge in [-0.1, -0.05) is 12.8 Å². The Kier molecular flexibility index (Phi) is 4.59. The molecule has 18 heavy (non-hydrogen) atoms. The van der Waals surface area contributed by atoms with Gasteiger partial charge in [0.15, 0.2) is 0 Å². The molecule has 2 N–H and O–H groups in total. The molecular weight excluding hydrogens is 234 g/mol. The lowest BCUT2D eigenvalue weighted by Crippen LogP contribution is -2.37. The molecule has 0 aliphatic heterocycles. The molecule has 1 saturated carbocycles. The number of ether oxygens (including phenoxy) is 1. The largest absolute Gasteiger partial charge is 0.481 e. The van der Waals surface area contributed by atoms with Crippen LogP contribution in [0.25, 0.3) is 0 Å². The van der Waals surface area contributed by atoms with Gasteiger partial charge in [-0.25, -0.2) is 4.79 Å². The summed E-state index contributed by atoms with van der Waals surface area (Å²) in [5.41, 5.74) is -1.17. The Morgan fingerprint density at radius 2 is 1.83 bits per heavy atom. The van der Waals surface area contributed by atoms with E-state index in [9.17, 15) is 14.7 Å². The van der Waals surface area contributed by atoms with Gasteiger partial charge in [0.1, 0.15) is 5.60 Å². The molecule has 1 aliphatic carbocycles. The van der Waals surface area contributed by atoms with Crippen molar-refractivity contribution >= 4 is 12.1 Å². The molecule has 0 aromatic rings. The third kappa shape index (κ3) is 4.20. The molecule has 1 rings (SSSR count). The SMILES string of the molecule is CC(C)(C)OC(=O)NCCC1(C(=O)O)CCCC1. The van der Waals surface area contributed by atoms with E-state index in [4.69, 9.17) is 4.74 Å². The molecule has 0 aromatic carbocycles. The molecule has 1 amide bonds. The molecule has 104 valence electrons. The van der Waals surface area contributed by atoms with E-state index in [1.54, 1.807) is 20.8 Å². The zero-order valence-electron chi connectivity index (χ0n) is 11.4. The van der Waals surface area contributed by atoms with E-state index in [0.717, 1.165) is 12.8 Å². The molecule has 0 heterocycles. The van der Waals surface area contributed by atoms with Crippen molar-refractivity contribution in [2.24, 2.45) is 5.41 Å². The highest BCUT2D eigenvalue weighted by molar-refractivity contribution is 5.75. The summed E-state index contributed by atoms with van der Waals surface area (Å²) in [7, 11) is 0. The quantitative estimate of drug-likeness (QED) is 0.811. The van der Waals surface area contributed by atoms with Gasteiger partial charge in [-0.2, -0.15) is 0 Å². The molecule has 0 radical (unpaired) electrons. The highest BCUT2D eigenvalue weighted by Crippen LogP contribution is 2.41. The summed E-state index contributed by atoms with van der Waals surface area (Å²) in [5.74, 6) is -0.744. The van der Waals surface area contributed by atoms with E-state index < -0.39 is 23.1 Å². The Morgan fingerprint density at radius 3 is 2.28 bits per heavy atom. The Hall–Kier alpha value is -1.26. The van der Waals surface area contributed by atoms with Crippen molar-refractivity contribution in [1.82, 2.24) is 5.32 Å². The lowest BCUT2D eigenvalue weighted by Gasteiger charge is -2.24. The normalized spacial score (nSPS) is 18.4. The second kappa shape index (κ2) is 5.59. The van der Waals surface area contributed by atoms with Gasteiger partial charge in [0, 0.05) is 6.54 Å². The fourth-order valence-electron chi connectivity index (χ4n) is 2.34. The first-order valence-corrected chi connectivity index (χ1v) is 6.45. The first kappa shape index (κ1) is 14.8. The van der Waals surface area contributed by atoms with Crippen LogP contribution in [0.4, 0.5) is 4.79 Å². The van der Waals surface area contributed by atoms with Gasteiger partial charge in [0.25, 0.3) is 0 Å². The number of carboxylic acid groups (broad SMARTS) is 1. The number of carbonyl (C=O) groups is 2. The van der Waals surface area contributed by atoms with Crippen LogP contribution in [0.2, 0.25) is 0 Å². The number of rotatable bonds is 4. The lowest BCUT2D eigenvalue weighted by atomic mass is 9.83. The minimum absolute atomic E-state index is 0.348. The summed E-state index contributed by atoms with van der Waals surface area (Å²) in [6.45, 7) is 5.73. The van der Waals surface area contributed by atoms with E-state index in [2.05, 4.69) is 5.32 Å². The van der Waals surface area contributed by atoms with Crippen molar-refractivity contribution in [3.8, 4) is 0 Å². The Labute approximate surface area is 108 Å². The smallest absolute Gasteiger partial charge is 0.407 e. The molecule has 1 aliphatic rings. The fraction of sp³-hybridized carbons (Fsp3) is 0.846. The van der Waals surface area contributed by atoms with Crippen LogP contribution in [0, 0.1) is 5.41 Å². The number of carbonyl (C=O) groups excluding carboxylic acids is 1. The van der Waals surface area contributed by atoms with Crippen LogP contribution >= 0.6 is 0 Å². The van der Waals surface area contributed by atoms with E-state index >= 15 is 0 Å². The van der Waals surface area contributed by atoms with Crippen molar-refractivity contribution < 1.29 is 19.4 Å². The van der Waals surface area contributed by atoms with Gasteiger partial charge in [0.05, 0.1) is 5.41 Å². The van der Waals surface area contributed by atoms with Crippen LogP contribution in [0.3, 0.4) is 0 Å². The predicted molar refractivity (Wildman–Crippen MR) is 67.4 cm³/mol. The second-order valence-electron chi connectivity index (χ2n) is 5.97. The van der Waals surface area contributed by atoms with Gasteiger partial charge < -0.3 is 15.2 Å². The highest BCUT2D eigenvalue weighted by Gasteiger charge is 2.40. The maximum absolute atomic E-state index is 11.4. The number of nitrogens with one attached hydrogen (secondary N) is 1. The number of carboxylic acids is 1. The maximum atomic E-state index is 11.4. The van der Waals surface area contributed by atoms with Crippen LogP contribution in [-0.4, -0.2) is 29.3 Å². The van der Waals surface area contributed by atoms with Gasteiger partial charge in [-0.15, -0.1) is 0 Å². The second-order valence-corrected chi connectivity index (χ2v) is 5.97. The fourth-order valence-corrected chi connectivity index (χ4v) is 2.34. The minimum atomic E-state index is -0.744. The number of alkyl carbamates (subject to hydrolysis) is 1. The van der Waals surface area contributed by atoms with Crippen LogP contribution in [0.1, 0.15) is 52.9 Å². The topological polar surface area (TPSA) is 75.6 Å². The van der Waals surface area contributed by atoms with Crippen LogP contribution in [0.5, 0.6) is 0 Å². The Morgan fingerprint density at radius 1 is 1.28 bits per heavy atom. The first-order chi connectivity index (χ1) is 8.25. The van der Waals surface area contributed by atoms with Crippen LogP contribution in [-0.2, 0) is 9.53 Å². The molecule has 5 nitrogen and oxygen atoms in total. The molecule has 0 unspecified atom stereocenters. The van der Waals surface area contributed by atoms with E-state index in [0.29, 0.717) is 25.8 Å². The third-order valence-electron chi connectivity index (χ3n) is 3.29. The van der Waals surface area contributed by atoms with Crippen LogP contribution < -0.4 is 5.32 Å². The average molecular weight is 257 g/mol. The van der Waals surface area contributed by atoms with Crippen molar-refractivity contribution in [2.75, 3.05) is 6.54 Å². The summed E-state index contributed by atoms with van der Waals surface area (Å²) < 4.78 is 5.10. The Balaban J connectivity index is 2.36. The molecule has 0 atom stereocenters. The number of amides is 1. The Bertz CT molecular complexity index is 313. The van der Waals surface area contributed by atoms with Crippen molar-refractivity contribution in [3.05, 3.63) is 0 Å². The zero-order chi connectivity index (χ0) is 13.8. The molecule has 5 heteroatoms. The van der Waals surface area contributed by atoms with Gasteiger partial charge in [-0.05, 0) is 40.0 Å². The lowest BCUT2D eigenvalue weighted by molar-refractivity contribution is -0.149. The van der Waals surface area contributed by atoms with Crippen molar-refractivity contribution in [2.45, 2.75) is 58.5 Å². The van der Waals surface area contributed by atoms with Gasteiger partial charge in [-0.3, -0.25) is 4.79 Å². The van der Waals surface area contributed by atoms with E-state index in [1.807, 2.05) is 0 Å².